The molecule has 0 saturated carbocycles. The molecule has 7 nitrogen and oxygen atoms in total. The van der Waals surface area contributed by atoms with Gasteiger partial charge in [0.05, 0.1) is 24.2 Å². The SMILES string of the molecule is CNC(=O)Cc1csc(NC(=O)Cc2c(C)noc2C)n1. The predicted octanol–water partition coefficient (Wildman–Crippen LogP) is 1.22. The van der Waals surface area contributed by atoms with E-state index in [1.54, 1.807) is 26.3 Å². The van der Waals surface area contributed by atoms with Gasteiger partial charge in [-0.25, -0.2) is 4.98 Å². The molecule has 0 aliphatic rings. The Labute approximate surface area is 125 Å². The topological polar surface area (TPSA) is 97.1 Å². The molecule has 0 saturated heterocycles. The molecule has 2 rings (SSSR count). The summed E-state index contributed by atoms with van der Waals surface area (Å²) in [6.07, 6.45) is 0.387. The summed E-state index contributed by atoms with van der Waals surface area (Å²) in [5.41, 5.74) is 2.13. The van der Waals surface area contributed by atoms with Gasteiger partial charge < -0.3 is 15.2 Å². The number of amides is 2. The highest BCUT2D eigenvalue weighted by atomic mass is 32.1. The smallest absolute Gasteiger partial charge is 0.230 e. The molecule has 2 N–H and O–H groups in total. The molecule has 0 bridgehead atoms. The summed E-state index contributed by atoms with van der Waals surface area (Å²) in [6.45, 7) is 3.57. The van der Waals surface area contributed by atoms with Crippen LogP contribution in [0.15, 0.2) is 9.90 Å². The molecular weight excluding hydrogens is 292 g/mol. The first-order valence-corrected chi connectivity index (χ1v) is 7.24. The van der Waals surface area contributed by atoms with E-state index in [2.05, 4.69) is 20.8 Å². The molecule has 0 atom stereocenters. The van der Waals surface area contributed by atoms with Crippen LogP contribution >= 0.6 is 11.3 Å². The van der Waals surface area contributed by atoms with Crippen LogP contribution in [0.3, 0.4) is 0 Å². The lowest BCUT2D eigenvalue weighted by atomic mass is 10.1. The number of aromatic nitrogens is 2. The molecule has 0 radical (unpaired) electrons. The Morgan fingerprint density at radius 3 is 2.67 bits per heavy atom. The minimum absolute atomic E-state index is 0.117. The van der Waals surface area contributed by atoms with E-state index >= 15 is 0 Å². The van der Waals surface area contributed by atoms with E-state index in [9.17, 15) is 9.59 Å². The molecule has 2 aromatic heterocycles. The van der Waals surface area contributed by atoms with Crippen LogP contribution < -0.4 is 10.6 Å². The summed E-state index contributed by atoms with van der Waals surface area (Å²) >= 11 is 1.29. The zero-order chi connectivity index (χ0) is 15.4. The van der Waals surface area contributed by atoms with Crippen molar-refractivity contribution in [3.63, 3.8) is 0 Å². The van der Waals surface area contributed by atoms with E-state index in [1.807, 2.05) is 0 Å². The normalized spacial score (nSPS) is 10.4. The molecule has 112 valence electrons. The van der Waals surface area contributed by atoms with Gasteiger partial charge in [0.15, 0.2) is 5.13 Å². The summed E-state index contributed by atoms with van der Waals surface area (Å²) in [7, 11) is 1.57. The summed E-state index contributed by atoms with van der Waals surface area (Å²) in [5.74, 6) is 0.334. The van der Waals surface area contributed by atoms with Gasteiger partial charge in [0, 0.05) is 18.0 Å². The first kappa shape index (κ1) is 15.2. The Balaban J connectivity index is 1.96. The van der Waals surface area contributed by atoms with Gasteiger partial charge in [-0.1, -0.05) is 5.16 Å². The number of aryl methyl sites for hydroxylation is 2. The number of carbonyl (C=O) groups excluding carboxylic acids is 2. The molecule has 0 aliphatic carbocycles. The lowest BCUT2D eigenvalue weighted by molar-refractivity contribution is -0.120. The van der Waals surface area contributed by atoms with Crippen LogP contribution in [0.25, 0.3) is 0 Å². The first-order valence-electron chi connectivity index (χ1n) is 6.36. The minimum Gasteiger partial charge on any atom is -0.361 e. The Bertz CT molecular complexity index is 643. The standard InChI is InChI=1S/C13H16N4O3S/c1-7-10(8(2)20-17-7)5-12(19)16-13-15-9(6-21-13)4-11(18)14-3/h6H,4-5H2,1-3H3,(H,14,18)(H,15,16,19). The number of hydrogen-bond donors (Lipinski definition) is 2. The molecule has 21 heavy (non-hydrogen) atoms. The van der Waals surface area contributed by atoms with Crippen molar-refractivity contribution in [2.24, 2.45) is 0 Å². The minimum atomic E-state index is -0.190. The predicted molar refractivity (Wildman–Crippen MR) is 78.2 cm³/mol. The highest BCUT2D eigenvalue weighted by Gasteiger charge is 2.15. The zero-order valence-electron chi connectivity index (χ0n) is 12.0. The lowest BCUT2D eigenvalue weighted by Gasteiger charge is -2.01. The highest BCUT2D eigenvalue weighted by Crippen LogP contribution is 2.18. The van der Waals surface area contributed by atoms with Crippen molar-refractivity contribution >= 4 is 28.3 Å². The van der Waals surface area contributed by atoms with Gasteiger partial charge in [0.1, 0.15) is 5.76 Å². The number of hydrogen-bond acceptors (Lipinski definition) is 6. The van der Waals surface area contributed by atoms with E-state index in [0.29, 0.717) is 22.3 Å². The molecule has 8 heteroatoms. The zero-order valence-corrected chi connectivity index (χ0v) is 12.8. The van der Waals surface area contributed by atoms with Gasteiger partial charge in [-0.3, -0.25) is 9.59 Å². The molecule has 0 spiro atoms. The highest BCUT2D eigenvalue weighted by molar-refractivity contribution is 7.13. The summed E-state index contributed by atoms with van der Waals surface area (Å²) in [4.78, 5) is 27.4. The van der Waals surface area contributed by atoms with Crippen LogP contribution in [0, 0.1) is 13.8 Å². The van der Waals surface area contributed by atoms with Crippen molar-refractivity contribution in [3.05, 3.63) is 28.1 Å². The summed E-state index contributed by atoms with van der Waals surface area (Å²) in [6, 6.07) is 0. The number of anilines is 1. The van der Waals surface area contributed by atoms with Crippen LogP contribution in [0.4, 0.5) is 5.13 Å². The van der Waals surface area contributed by atoms with Crippen molar-refractivity contribution < 1.29 is 14.1 Å². The van der Waals surface area contributed by atoms with E-state index < -0.39 is 0 Å². The maximum atomic E-state index is 12.0. The second kappa shape index (κ2) is 6.49. The van der Waals surface area contributed by atoms with Gasteiger partial charge in [-0.05, 0) is 13.8 Å². The summed E-state index contributed by atoms with van der Waals surface area (Å²) < 4.78 is 5.02. The van der Waals surface area contributed by atoms with E-state index in [1.165, 1.54) is 11.3 Å². The third-order valence-corrected chi connectivity index (χ3v) is 3.74. The third kappa shape index (κ3) is 3.88. The van der Waals surface area contributed by atoms with Crippen molar-refractivity contribution in [1.82, 2.24) is 15.5 Å². The van der Waals surface area contributed by atoms with Crippen molar-refractivity contribution in [2.45, 2.75) is 26.7 Å². The maximum absolute atomic E-state index is 12.0. The molecule has 0 unspecified atom stereocenters. The fraction of sp³-hybridized carbons (Fsp3) is 0.385. The van der Waals surface area contributed by atoms with Gasteiger partial charge in [0.2, 0.25) is 11.8 Å². The fourth-order valence-electron chi connectivity index (χ4n) is 1.78. The van der Waals surface area contributed by atoms with E-state index in [-0.39, 0.29) is 24.7 Å². The number of nitrogens with zero attached hydrogens (tertiary/aromatic N) is 2. The van der Waals surface area contributed by atoms with Crippen molar-refractivity contribution in [1.29, 1.82) is 0 Å². The number of carbonyl (C=O) groups is 2. The van der Waals surface area contributed by atoms with Gasteiger partial charge in [-0.2, -0.15) is 0 Å². The second-order valence-corrected chi connectivity index (χ2v) is 5.38. The van der Waals surface area contributed by atoms with E-state index in [0.717, 1.165) is 5.56 Å². The Hall–Kier alpha value is -2.22. The second-order valence-electron chi connectivity index (χ2n) is 4.52. The fourth-order valence-corrected chi connectivity index (χ4v) is 2.50. The van der Waals surface area contributed by atoms with Crippen LogP contribution in [0.5, 0.6) is 0 Å². The van der Waals surface area contributed by atoms with Crippen LogP contribution in [0.2, 0.25) is 0 Å². The number of thiazole rings is 1. The lowest BCUT2D eigenvalue weighted by Crippen LogP contribution is -2.20. The molecule has 0 aliphatic heterocycles. The number of rotatable bonds is 5. The summed E-state index contributed by atoms with van der Waals surface area (Å²) in [5, 5.41) is 11.3. The van der Waals surface area contributed by atoms with Gasteiger partial charge in [0.25, 0.3) is 0 Å². The molecule has 0 aromatic carbocycles. The quantitative estimate of drug-likeness (QED) is 0.865. The van der Waals surface area contributed by atoms with Crippen LogP contribution in [-0.2, 0) is 22.4 Å². The Kier molecular flexibility index (Phi) is 4.69. The molecular formula is C13H16N4O3S. The van der Waals surface area contributed by atoms with Gasteiger partial charge in [-0.15, -0.1) is 11.3 Å². The van der Waals surface area contributed by atoms with Crippen LogP contribution in [-0.4, -0.2) is 29.0 Å². The van der Waals surface area contributed by atoms with Crippen molar-refractivity contribution in [3.8, 4) is 0 Å². The average molecular weight is 308 g/mol. The van der Waals surface area contributed by atoms with E-state index in [4.69, 9.17) is 4.52 Å². The Morgan fingerprint density at radius 2 is 2.05 bits per heavy atom. The molecule has 2 aromatic rings. The Morgan fingerprint density at radius 1 is 1.29 bits per heavy atom. The third-order valence-electron chi connectivity index (χ3n) is 2.94. The monoisotopic (exact) mass is 308 g/mol. The van der Waals surface area contributed by atoms with Crippen LogP contribution in [0.1, 0.15) is 22.7 Å². The largest absolute Gasteiger partial charge is 0.361 e. The number of nitrogens with one attached hydrogen (secondary N) is 2. The molecule has 2 amide bonds. The maximum Gasteiger partial charge on any atom is 0.230 e. The van der Waals surface area contributed by atoms with Gasteiger partial charge >= 0.3 is 0 Å². The van der Waals surface area contributed by atoms with Crippen molar-refractivity contribution in [2.75, 3.05) is 12.4 Å². The molecule has 0 fully saturated rings. The number of likely N-dealkylation sites (N-methyl/N-ethyl adjacent to an activating group) is 1. The molecule has 2 heterocycles. The first-order chi connectivity index (χ1) is 9.99. The average Bonchev–Trinajstić information content (AvgIpc) is 3.00.